The molecule has 1 aromatic carbocycles. The molecule has 1 aromatic heterocycles. The predicted molar refractivity (Wildman–Crippen MR) is 128 cm³/mol. The number of ether oxygens (including phenoxy) is 2. The Morgan fingerprint density at radius 1 is 1.15 bits per heavy atom. The molecule has 2 aromatic rings. The van der Waals surface area contributed by atoms with Crippen LogP contribution in [-0.2, 0) is 9.53 Å². The van der Waals surface area contributed by atoms with E-state index >= 15 is 0 Å². The number of hydrogen-bond donors (Lipinski definition) is 0. The Hall–Kier alpha value is -1.52. The van der Waals surface area contributed by atoms with Crippen LogP contribution in [0.5, 0.6) is 5.88 Å². The van der Waals surface area contributed by atoms with Gasteiger partial charge in [0.25, 0.3) is 12.1 Å². The molecule has 0 bridgehead atoms. The molecule has 1 aliphatic heterocycles. The molecule has 2 unspecified atom stereocenters. The van der Waals surface area contributed by atoms with E-state index in [-0.39, 0.29) is 42.1 Å². The fourth-order valence-electron chi connectivity index (χ4n) is 4.03. The van der Waals surface area contributed by atoms with Crippen molar-refractivity contribution >= 4 is 23.3 Å². The van der Waals surface area contributed by atoms with Crippen molar-refractivity contribution in [1.82, 2.24) is 8.75 Å². The van der Waals surface area contributed by atoms with Crippen LogP contribution in [0.25, 0.3) is 5.57 Å². The maximum Gasteiger partial charge on any atom is 0.313 e. The van der Waals surface area contributed by atoms with E-state index in [4.69, 9.17) is 9.47 Å². The van der Waals surface area contributed by atoms with Crippen molar-refractivity contribution < 1.29 is 42.7 Å². The number of halogens is 1. The van der Waals surface area contributed by atoms with Crippen LogP contribution in [0, 0.1) is 5.92 Å². The number of carbonyl (C=O) groups is 1. The van der Waals surface area contributed by atoms with E-state index in [1.165, 1.54) is 31.0 Å². The van der Waals surface area contributed by atoms with Gasteiger partial charge in [0.2, 0.25) is 0 Å². The zero-order chi connectivity index (χ0) is 23.0. The summed E-state index contributed by atoms with van der Waals surface area (Å²) in [7, 11) is 2.16. The summed E-state index contributed by atoms with van der Waals surface area (Å²) in [4.78, 5) is 12.6. The van der Waals surface area contributed by atoms with Gasteiger partial charge in [0, 0.05) is 12.0 Å². The lowest BCUT2D eigenvalue weighted by atomic mass is 10.0. The van der Waals surface area contributed by atoms with Crippen molar-refractivity contribution in [3.05, 3.63) is 47.7 Å². The highest BCUT2D eigenvalue weighted by Gasteiger charge is 2.40. The molecule has 0 fully saturated rings. The van der Waals surface area contributed by atoms with E-state index in [0.717, 1.165) is 36.2 Å². The topological polar surface area (TPSA) is 61.3 Å². The van der Waals surface area contributed by atoms with E-state index < -0.39 is 0 Å². The van der Waals surface area contributed by atoms with Gasteiger partial charge in [-0.2, -0.15) is 4.37 Å². The van der Waals surface area contributed by atoms with E-state index in [2.05, 4.69) is 28.8 Å². The van der Waals surface area contributed by atoms with Crippen molar-refractivity contribution in [3.8, 4) is 5.88 Å². The van der Waals surface area contributed by atoms with Crippen LogP contribution < -0.4 is 28.7 Å². The highest BCUT2D eigenvalue weighted by molar-refractivity contribution is 6.99. The zero-order valence-corrected chi connectivity index (χ0v) is 23.1. The van der Waals surface area contributed by atoms with Crippen molar-refractivity contribution in [3.63, 3.8) is 0 Å². The Morgan fingerprint density at radius 3 is 2.61 bits per heavy atom. The van der Waals surface area contributed by atoms with E-state index in [9.17, 15) is 4.79 Å². The number of carbonyl (C=O) groups excluding carboxylic acids is 1. The average molecular weight is 586 g/mol. The zero-order valence-electron chi connectivity index (χ0n) is 20.1. The number of nitrogens with zero attached hydrogens (tertiary/aromatic N) is 3. The van der Waals surface area contributed by atoms with Crippen LogP contribution in [-0.4, -0.2) is 45.9 Å². The second kappa shape index (κ2) is 13.4. The van der Waals surface area contributed by atoms with Crippen LogP contribution in [0.1, 0.15) is 70.4 Å². The Bertz CT molecular complexity index is 903. The lowest BCUT2D eigenvalue weighted by Crippen LogP contribution is -3.00. The second-order valence-electron chi connectivity index (χ2n) is 9.06. The number of hydrogen-bond acceptors (Lipinski definition) is 6. The molecule has 0 saturated heterocycles. The first-order chi connectivity index (χ1) is 15.4. The minimum Gasteiger partial charge on any atom is -1.00 e. The summed E-state index contributed by atoms with van der Waals surface area (Å²) in [6.07, 6.45) is 7.36. The highest BCUT2D eigenvalue weighted by Crippen LogP contribution is 2.37. The lowest BCUT2D eigenvalue weighted by molar-refractivity contribution is -0.953. The largest absolute Gasteiger partial charge is 1.00 e. The maximum atomic E-state index is 12.6. The fraction of sp³-hybridized carbons (Fsp3) is 0.560. The molecule has 33 heavy (non-hydrogen) atoms. The third kappa shape index (κ3) is 7.48. The van der Waals surface area contributed by atoms with Gasteiger partial charge in [0.1, 0.15) is 12.2 Å². The molecule has 0 radical (unpaired) electrons. The van der Waals surface area contributed by atoms with Gasteiger partial charge in [-0.25, -0.2) is 0 Å². The molecule has 6 nitrogen and oxygen atoms in total. The summed E-state index contributed by atoms with van der Waals surface area (Å²) in [5.41, 5.74) is 2.95. The smallest absolute Gasteiger partial charge is 0.313 e. The van der Waals surface area contributed by atoms with E-state index in [1.54, 1.807) is 0 Å². The monoisotopic (exact) mass is 585 g/mol. The Kier molecular flexibility index (Phi) is 11.2. The summed E-state index contributed by atoms with van der Waals surface area (Å²) < 4.78 is 21.6. The summed E-state index contributed by atoms with van der Waals surface area (Å²) in [5, 5.41) is 0. The molecule has 0 N–H and O–H groups in total. The average Bonchev–Trinajstić information content (AvgIpc) is 3.26. The van der Waals surface area contributed by atoms with Gasteiger partial charge in [-0.3, -0.25) is 9.28 Å². The number of aromatic nitrogens is 2. The van der Waals surface area contributed by atoms with Crippen LogP contribution in [0.2, 0.25) is 0 Å². The van der Waals surface area contributed by atoms with Crippen molar-refractivity contribution in [2.24, 2.45) is 5.92 Å². The minimum atomic E-state index is -0.375. The lowest BCUT2D eigenvalue weighted by Gasteiger charge is -2.43. The first kappa shape index (κ1) is 27.7. The highest BCUT2D eigenvalue weighted by atomic mass is 127. The molecule has 0 spiro atoms. The quantitative estimate of drug-likeness (QED) is 0.176. The Balaban J connectivity index is 0.00000385. The van der Waals surface area contributed by atoms with Crippen LogP contribution in [0.15, 0.2) is 36.4 Å². The number of unbranched alkanes of at least 4 members (excludes halogenated alkanes) is 3. The van der Waals surface area contributed by atoms with Crippen LogP contribution >= 0.6 is 11.7 Å². The second-order valence-corrected chi connectivity index (χ2v) is 9.59. The van der Waals surface area contributed by atoms with Gasteiger partial charge in [-0.1, -0.05) is 64.3 Å². The molecule has 182 valence electrons. The normalized spacial score (nSPS) is 18.9. The Morgan fingerprint density at radius 2 is 1.91 bits per heavy atom. The first-order valence-corrected chi connectivity index (χ1v) is 12.4. The molecular weight excluding hydrogens is 549 g/mol. The molecule has 0 saturated carbocycles. The van der Waals surface area contributed by atoms with Crippen LogP contribution in [0.4, 0.5) is 0 Å². The number of esters is 1. The molecule has 0 amide bonds. The van der Waals surface area contributed by atoms with Crippen molar-refractivity contribution in [1.29, 1.82) is 0 Å². The van der Waals surface area contributed by atoms with Gasteiger partial charge in [0.15, 0.2) is 0 Å². The Labute approximate surface area is 219 Å². The molecule has 1 aliphatic rings. The molecule has 8 heteroatoms. The molecule has 0 aliphatic carbocycles. The van der Waals surface area contributed by atoms with E-state index in [0.29, 0.717) is 23.5 Å². The molecule has 3 rings (SSSR count). The van der Waals surface area contributed by atoms with Crippen LogP contribution in [0.3, 0.4) is 0 Å². The van der Waals surface area contributed by atoms with Gasteiger partial charge < -0.3 is 33.5 Å². The van der Waals surface area contributed by atoms with Gasteiger partial charge >= 0.3 is 5.97 Å². The van der Waals surface area contributed by atoms with Crippen molar-refractivity contribution in [2.45, 2.75) is 59.1 Å². The summed E-state index contributed by atoms with van der Waals surface area (Å²) in [6, 6.07) is 10.0. The van der Waals surface area contributed by atoms with E-state index in [1.807, 2.05) is 44.2 Å². The number of rotatable bonds is 11. The summed E-state index contributed by atoms with van der Waals surface area (Å²) in [5.74, 6) is 0.269. The number of quaternary nitrogens is 1. The minimum absolute atomic E-state index is 0. The SMILES string of the molecule is CCCCCCOc1nsnc1C1=CCC[N+](C)(C(OC(=O)C(C)C)c2ccccc2)C1.[I-]. The van der Waals surface area contributed by atoms with Gasteiger partial charge in [-0.15, -0.1) is 4.37 Å². The molecular formula is C25H36IN3O3S. The third-order valence-corrected chi connectivity index (χ3v) is 6.42. The predicted octanol–water partition coefficient (Wildman–Crippen LogP) is 2.63. The van der Waals surface area contributed by atoms with Gasteiger partial charge in [-0.05, 0) is 18.6 Å². The number of likely N-dealkylation sites (N-methyl/N-ethyl adjacent to an activating group) is 1. The molecule has 2 heterocycles. The first-order valence-electron chi connectivity index (χ1n) is 11.7. The summed E-state index contributed by atoms with van der Waals surface area (Å²) >= 11 is 1.19. The summed E-state index contributed by atoms with van der Waals surface area (Å²) in [6.45, 7) is 8.18. The van der Waals surface area contributed by atoms with Gasteiger partial charge in [0.05, 0.1) is 43.4 Å². The molecule has 2 atom stereocenters. The standard InChI is InChI=1S/C25H36N3O3S.HI/c1-5-6-7-11-17-30-23-22(26-32-27-23)21-15-12-16-28(4,18-21)24(31-25(29)19(2)3)20-13-9-8-10-14-20;/h8-10,13-15,19,24H,5-7,11-12,16-18H2,1-4H3;1H/q+1;/p-1. The maximum absolute atomic E-state index is 12.6. The van der Waals surface area contributed by atoms with Crippen molar-refractivity contribution in [2.75, 3.05) is 26.7 Å². The number of benzene rings is 1. The fourth-order valence-corrected chi connectivity index (χ4v) is 4.56. The third-order valence-electron chi connectivity index (χ3n) is 5.91.